The Balaban J connectivity index is 2.86. The predicted molar refractivity (Wildman–Crippen MR) is 88.8 cm³/mol. The molecule has 0 fully saturated rings. The van der Waals surface area contributed by atoms with Gasteiger partial charge < -0.3 is 10.4 Å². The average molecular weight is 350 g/mol. The number of hydrogen-bond donors (Lipinski definition) is 3. The molecule has 0 aliphatic carbocycles. The van der Waals surface area contributed by atoms with Crippen LogP contribution < -0.4 is 10.0 Å². The summed E-state index contributed by atoms with van der Waals surface area (Å²) >= 11 is 0. The van der Waals surface area contributed by atoms with Gasteiger partial charge in [0.05, 0.1) is 11.4 Å². The molecular formula is C16H18N2O5S. The molecule has 0 aromatic heterocycles. The number of allylic oxidation sites excluding steroid dienone is 1. The molecule has 1 atom stereocenters. The first-order valence-corrected chi connectivity index (χ1v) is 8.48. The maximum absolute atomic E-state index is 12.1. The van der Waals surface area contributed by atoms with Crippen LogP contribution in [0.2, 0.25) is 0 Å². The maximum Gasteiger partial charge on any atom is 0.326 e. The lowest BCUT2D eigenvalue weighted by Crippen LogP contribution is -2.40. The van der Waals surface area contributed by atoms with Crippen molar-refractivity contribution in [3.05, 3.63) is 42.0 Å². The summed E-state index contributed by atoms with van der Waals surface area (Å²) < 4.78 is 25.9. The van der Waals surface area contributed by atoms with Gasteiger partial charge in [0.25, 0.3) is 5.91 Å². The van der Waals surface area contributed by atoms with Crippen molar-refractivity contribution >= 4 is 21.9 Å². The fourth-order valence-electron chi connectivity index (χ4n) is 1.74. The van der Waals surface area contributed by atoms with Gasteiger partial charge in [0.15, 0.2) is 0 Å². The number of benzene rings is 1. The minimum absolute atomic E-state index is 0.0435. The Labute approximate surface area is 140 Å². The molecule has 1 amide bonds. The first kappa shape index (κ1) is 19.4. The van der Waals surface area contributed by atoms with Gasteiger partial charge in [-0.1, -0.05) is 18.1 Å². The molecule has 1 aromatic carbocycles. The molecule has 24 heavy (non-hydrogen) atoms. The number of sulfonamides is 1. The van der Waals surface area contributed by atoms with E-state index >= 15 is 0 Å². The Morgan fingerprint density at radius 3 is 2.46 bits per heavy atom. The monoisotopic (exact) mass is 350 g/mol. The topological polar surface area (TPSA) is 113 Å². The smallest absolute Gasteiger partial charge is 0.326 e. The summed E-state index contributed by atoms with van der Waals surface area (Å²) in [5.74, 6) is 0.399. The zero-order valence-corrected chi connectivity index (χ0v) is 13.8. The Kier molecular flexibility index (Phi) is 7.17. The number of terminal acetylenes is 1. The van der Waals surface area contributed by atoms with Gasteiger partial charge >= 0.3 is 5.97 Å². The highest BCUT2D eigenvalue weighted by Crippen LogP contribution is 2.11. The van der Waals surface area contributed by atoms with E-state index in [2.05, 4.69) is 16.0 Å². The van der Waals surface area contributed by atoms with Crippen LogP contribution in [0.15, 0.2) is 41.3 Å². The Morgan fingerprint density at radius 2 is 1.96 bits per heavy atom. The number of aliphatic carboxylic acids is 1. The molecule has 1 aromatic rings. The van der Waals surface area contributed by atoms with Gasteiger partial charge in [0, 0.05) is 5.56 Å². The van der Waals surface area contributed by atoms with Crippen molar-refractivity contribution in [1.82, 2.24) is 10.0 Å². The van der Waals surface area contributed by atoms with Gasteiger partial charge in [-0.05, 0) is 37.6 Å². The molecule has 128 valence electrons. The van der Waals surface area contributed by atoms with Gasteiger partial charge in [-0.2, -0.15) is 4.72 Å². The Morgan fingerprint density at radius 1 is 1.33 bits per heavy atom. The first-order chi connectivity index (χ1) is 11.3. The van der Waals surface area contributed by atoms with Crippen molar-refractivity contribution in [2.45, 2.75) is 24.3 Å². The molecule has 0 saturated heterocycles. The molecule has 0 bridgehead atoms. The van der Waals surface area contributed by atoms with E-state index < -0.39 is 27.9 Å². The number of carboxylic acid groups (broad SMARTS) is 1. The summed E-state index contributed by atoms with van der Waals surface area (Å²) in [5.41, 5.74) is 0.151. The Hall–Kier alpha value is -2.63. The van der Waals surface area contributed by atoms with E-state index in [0.29, 0.717) is 0 Å². The third kappa shape index (κ3) is 5.53. The van der Waals surface area contributed by atoms with E-state index in [4.69, 9.17) is 11.5 Å². The summed E-state index contributed by atoms with van der Waals surface area (Å²) in [7, 11) is -3.74. The molecule has 0 aliphatic heterocycles. The lowest BCUT2D eigenvalue weighted by atomic mass is 10.1. The molecule has 8 heteroatoms. The molecule has 0 aliphatic rings. The predicted octanol–water partition coefficient (Wildman–Crippen LogP) is 0.747. The van der Waals surface area contributed by atoms with Crippen molar-refractivity contribution in [3.8, 4) is 12.3 Å². The molecule has 7 nitrogen and oxygen atoms in total. The van der Waals surface area contributed by atoms with Crippen LogP contribution in [-0.2, 0) is 14.8 Å². The lowest BCUT2D eigenvalue weighted by Gasteiger charge is -2.13. The van der Waals surface area contributed by atoms with Crippen LogP contribution >= 0.6 is 0 Å². The van der Waals surface area contributed by atoms with E-state index in [9.17, 15) is 18.0 Å². The second kappa shape index (κ2) is 8.86. The van der Waals surface area contributed by atoms with Crippen LogP contribution in [0, 0.1) is 12.3 Å². The van der Waals surface area contributed by atoms with Crippen molar-refractivity contribution in [1.29, 1.82) is 0 Å². The van der Waals surface area contributed by atoms with E-state index in [1.54, 1.807) is 19.1 Å². The summed E-state index contributed by atoms with van der Waals surface area (Å²) in [6.45, 7) is 1.60. The van der Waals surface area contributed by atoms with Crippen LogP contribution in [0.4, 0.5) is 0 Å². The van der Waals surface area contributed by atoms with Crippen molar-refractivity contribution in [2.24, 2.45) is 0 Å². The lowest BCUT2D eigenvalue weighted by molar-refractivity contribution is -0.139. The average Bonchev–Trinajstić information content (AvgIpc) is 2.56. The fraction of sp³-hybridized carbons (Fsp3) is 0.250. The summed E-state index contributed by atoms with van der Waals surface area (Å²) in [5, 5.41) is 11.5. The molecule has 1 unspecified atom stereocenters. The van der Waals surface area contributed by atoms with Gasteiger partial charge in [0.2, 0.25) is 10.0 Å². The van der Waals surface area contributed by atoms with Crippen LogP contribution in [0.1, 0.15) is 23.7 Å². The SMILES string of the molecule is C#CCNS(=O)(=O)c1ccc(C(=O)NC(C/C=C/C)C(=O)O)cc1. The minimum Gasteiger partial charge on any atom is -0.480 e. The van der Waals surface area contributed by atoms with Crippen LogP contribution in [0.5, 0.6) is 0 Å². The number of carboxylic acids is 1. The molecule has 0 saturated carbocycles. The second-order valence-electron chi connectivity index (χ2n) is 4.72. The second-order valence-corrected chi connectivity index (χ2v) is 6.49. The molecule has 0 radical (unpaired) electrons. The third-order valence-corrected chi connectivity index (χ3v) is 4.42. The zero-order chi connectivity index (χ0) is 18.2. The molecule has 0 spiro atoms. The molecule has 1 rings (SSSR count). The largest absolute Gasteiger partial charge is 0.480 e. The van der Waals surface area contributed by atoms with E-state index in [0.717, 1.165) is 0 Å². The van der Waals surface area contributed by atoms with Crippen LogP contribution in [0.3, 0.4) is 0 Å². The summed E-state index contributed by atoms with van der Waals surface area (Å²) in [4.78, 5) is 23.1. The minimum atomic E-state index is -3.74. The van der Waals surface area contributed by atoms with Crippen LogP contribution in [0.25, 0.3) is 0 Å². The number of amides is 1. The van der Waals surface area contributed by atoms with Crippen LogP contribution in [-0.4, -0.2) is 38.0 Å². The van der Waals surface area contributed by atoms with E-state index in [-0.39, 0.29) is 23.4 Å². The normalized spacial score (nSPS) is 12.5. The summed E-state index contributed by atoms with van der Waals surface area (Å²) in [6.07, 6.45) is 8.47. The molecular weight excluding hydrogens is 332 g/mol. The molecule has 0 heterocycles. The highest BCUT2D eigenvalue weighted by atomic mass is 32.2. The van der Waals surface area contributed by atoms with Gasteiger partial charge in [-0.25, -0.2) is 13.2 Å². The Bertz CT molecular complexity index is 761. The van der Waals surface area contributed by atoms with Crippen molar-refractivity contribution in [2.75, 3.05) is 6.54 Å². The highest BCUT2D eigenvalue weighted by Gasteiger charge is 2.20. The number of nitrogens with one attached hydrogen (secondary N) is 2. The molecule has 3 N–H and O–H groups in total. The van der Waals surface area contributed by atoms with E-state index in [1.165, 1.54) is 24.3 Å². The fourth-order valence-corrected chi connectivity index (χ4v) is 2.68. The van der Waals surface area contributed by atoms with E-state index in [1.807, 2.05) is 0 Å². The highest BCUT2D eigenvalue weighted by molar-refractivity contribution is 7.89. The van der Waals surface area contributed by atoms with Crippen molar-refractivity contribution < 1.29 is 23.1 Å². The summed E-state index contributed by atoms with van der Waals surface area (Å²) in [6, 6.07) is 4.03. The number of rotatable bonds is 8. The quantitative estimate of drug-likeness (QED) is 0.473. The van der Waals surface area contributed by atoms with Gasteiger partial charge in [0.1, 0.15) is 6.04 Å². The maximum atomic E-state index is 12.1. The van der Waals surface area contributed by atoms with Gasteiger partial charge in [-0.15, -0.1) is 6.42 Å². The number of carbonyl (C=O) groups excluding carboxylic acids is 1. The number of carbonyl (C=O) groups is 2. The van der Waals surface area contributed by atoms with Crippen molar-refractivity contribution in [3.63, 3.8) is 0 Å². The standard InChI is InChI=1S/C16H18N2O5S/c1-3-5-6-14(16(20)21)18-15(19)12-7-9-13(10-8-12)24(22,23)17-11-4-2/h2-3,5,7-10,14,17H,6,11H2,1H3,(H,18,19)(H,20,21)/b5-3+. The third-order valence-electron chi connectivity index (χ3n) is 3.00. The first-order valence-electron chi connectivity index (χ1n) is 7.00. The van der Waals surface area contributed by atoms with Gasteiger partial charge in [-0.3, -0.25) is 4.79 Å². The zero-order valence-electron chi connectivity index (χ0n) is 13.0. The number of hydrogen-bond acceptors (Lipinski definition) is 4.